The van der Waals surface area contributed by atoms with Crippen LogP contribution in [0.2, 0.25) is 0 Å². The third-order valence-corrected chi connectivity index (χ3v) is 4.02. The molecule has 2 N–H and O–H groups in total. The van der Waals surface area contributed by atoms with Gasteiger partial charge in [-0.05, 0) is 49.5 Å². The molecule has 0 amide bonds. The third-order valence-electron chi connectivity index (χ3n) is 4.02. The Kier molecular flexibility index (Phi) is 7.39. The van der Waals surface area contributed by atoms with Crippen molar-refractivity contribution >= 4 is 5.96 Å². The number of hydrogen-bond donors (Lipinski definition) is 2. The summed E-state index contributed by atoms with van der Waals surface area (Å²) < 4.78 is 51.7. The van der Waals surface area contributed by atoms with Crippen LogP contribution in [-0.4, -0.2) is 32.0 Å². The molecule has 0 aliphatic carbocycles. The fourth-order valence-electron chi connectivity index (χ4n) is 2.60. The Labute approximate surface area is 162 Å². The molecule has 0 fully saturated rings. The first-order valence-electron chi connectivity index (χ1n) is 8.71. The van der Waals surface area contributed by atoms with Crippen molar-refractivity contribution in [3.63, 3.8) is 0 Å². The molecule has 0 saturated carbocycles. The average molecular weight is 396 g/mol. The summed E-state index contributed by atoms with van der Waals surface area (Å²) in [5, 5.41) is 6.16. The molecule has 0 unspecified atom stereocenters. The zero-order valence-electron chi connectivity index (χ0n) is 16.1. The van der Waals surface area contributed by atoms with Gasteiger partial charge >= 0.3 is 6.18 Å². The molecule has 0 saturated heterocycles. The minimum atomic E-state index is -4.34. The maximum atomic E-state index is 13.9. The summed E-state index contributed by atoms with van der Waals surface area (Å²) in [4.78, 5) is 5.98. The van der Waals surface area contributed by atoms with Crippen molar-refractivity contribution in [2.24, 2.45) is 4.99 Å². The number of hydrogen-bond acceptors (Lipinski definition) is 2. The first-order chi connectivity index (χ1) is 13.2. The number of guanidine groups is 1. The molecule has 152 valence electrons. The molecule has 0 aliphatic heterocycles. The van der Waals surface area contributed by atoms with Crippen molar-refractivity contribution in [1.82, 2.24) is 15.5 Å². The lowest BCUT2D eigenvalue weighted by atomic mass is 10.1. The number of nitrogens with one attached hydrogen (secondary N) is 2. The molecule has 0 aliphatic rings. The van der Waals surface area contributed by atoms with Gasteiger partial charge in [0.1, 0.15) is 5.82 Å². The monoisotopic (exact) mass is 396 g/mol. The SMILES string of the molecule is CN=C(NCc1ccc(C(F)(F)F)cc1)NCc1ccc(F)c(CN(C)C)c1. The smallest absolute Gasteiger partial charge is 0.352 e. The van der Waals surface area contributed by atoms with Gasteiger partial charge in [0.2, 0.25) is 0 Å². The fourth-order valence-corrected chi connectivity index (χ4v) is 2.60. The minimum absolute atomic E-state index is 0.248. The van der Waals surface area contributed by atoms with Crippen LogP contribution in [-0.2, 0) is 25.8 Å². The first kappa shape index (κ1) is 21.7. The van der Waals surface area contributed by atoms with Gasteiger partial charge in [-0.2, -0.15) is 13.2 Å². The van der Waals surface area contributed by atoms with Crippen LogP contribution in [0.5, 0.6) is 0 Å². The molecule has 2 rings (SSSR count). The minimum Gasteiger partial charge on any atom is -0.352 e. The second kappa shape index (κ2) is 9.54. The van der Waals surface area contributed by atoms with E-state index in [1.807, 2.05) is 19.0 Å². The van der Waals surface area contributed by atoms with Crippen molar-refractivity contribution in [2.75, 3.05) is 21.1 Å². The van der Waals surface area contributed by atoms with Crippen LogP contribution in [0.3, 0.4) is 0 Å². The van der Waals surface area contributed by atoms with E-state index in [1.54, 1.807) is 19.2 Å². The molecule has 0 bridgehead atoms. The molecular formula is C20H24F4N4. The Hall–Kier alpha value is -2.61. The standard InChI is InChI=1S/C20H24F4N4/c1-25-19(26-11-14-4-7-17(8-5-14)20(22,23)24)27-12-15-6-9-18(21)16(10-15)13-28(2)3/h4-10H,11-13H2,1-3H3,(H2,25,26,27). The number of rotatable bonds is 6. The van der Waals surface area contributed by atoms with Gasteiger partial charge in [-0.1, -0.05) is 18.2 Å². The quantitative estimate of drug-likeness (QED) is 0.444. The fraction of sp³-hybridized carbons (Fsp3) is 0.350. The Morgan fingerprint density at radius 3 is 2.07 bits per heavy atom. The van der Waals surface area contributed by atoms with Gasteiger partial charge in [0, 0.05) is 32.2 Å². The number of benzene rings is 2. The maximum Gasteiger partial charge on any atom is 0.416 e. The summed E-state index contributed by atoms with van der Waals surface area (Å²) in [6.07, 6.45) is -4.34. The van der Waals surface area contributed by atoms with E-state index in [-0.39, 0.29) is 5.82 Å². The zero-order chi connectivity index (χ0) is 20.7. The highest BCUT2D eigenvalue weighted by atomic mass is 19.4. The van der Waals surface area contributed by atoms with E-state index in [4.69, 9.17) is 0 Å². The van der Waals surface area contributed by atoms with Crippen LogP contribution in [0.4, 0.5) is 17.6 Å². The molecule has 2 aromatic rings. The van der Waals surface area contributed by atoms with Gasteiger partial charge in [0.25, 0.3) is 0 Å². The first-order valence-corrected chi connectivity index (χ1v) is 8.71. The summed E-state index contributed by atoms with van der Waals surface area (Å²) in [6.45, 7) is 1.26. The molecule has 4 nitrogen and oxygen atoms in total. The Bertz CT molecular complexity index is 799. The molecule has 8 heteroatoms. The molecule has 2 aromatic carbocycles. The third kappa shape index (κ3) is 6.53. The highest BCUT2D eigenvalue weighted by Gasteiger charge is 2.29. The molecular weight excluding hydrogens is 372 g/mol. The second-order valence-corrected chi connectivity index (χ2v) is 6.64. The van der Waals surface area contributed by atoms with Crippen LogP contribution in [0, 0.1) is 5.82 Å². The Balaban J connectivity index is 1.91. The molecule has 0 heterocycles. The summed E-state index contributed by atoms with van der Waals surface area (Å²) in [7, 11) is 5.35. The lowest BCUT2D eigenvalue weighted by molar-refractivity contribution is -0.137. The van der Waals surface area contributed by atoms with Gasteiger partial charge in [-0.25, -0.2) is 4.39 Å². The van der Waals surface area contributed by atoms with Crippen LogP contribution >= 0.6 is 0 Å². The van der Waals surface area contributed by atoms with Crippen molar-refractivity contribution in [3.05, 3.63) is 70.5 Å². The predicted molar refractivity (Wildman–Crippen MR) is 102 cm³/mol. The maximum absolute atomic E-state index is 13.9. The van der Waals surface area contributed by atoms with E-state index in [0.717, 1.165) is 17.7 Å². The molecule has 0 aromatic heterocycles. The highest BCUT2D eigenvalue weighted by Crippen LogP contribution is 2.29. The van der Waals surface area contributed by atoms with Crippen molar-refractivity contribution in [3.8, 4) is 0 Å². The van der Waals surface area contributed by atoms with Crippen molar-refractivity contribution in [1.29, 1.82) is 0 Å². The topological polar surface area (TPSA) is 39.7 Å². The molecule has 0 atom stereocenters. The largest absolute Gasteiger partial charge is 0.416 e. The van der Waals surface area contributed by atoms with Crippen molar-refractivity contribution < 1.29 is 17.6 Å². The van der Waals surface area contributed by atoms with Gasteiger partial charge in [-0.15, -0.1) is 0 Å². The van der Waals surface area contributed by atoms with E-state index in [9.17, 15) is 17.6 Å². The van der Waals surface area contributed by atoms with E-state index >= 15 is 0 Å². The number of aliphatic imine (C=N–C) groups is 1. The van der Waals surface area contributed by atoms with E-state index in [0.29, 0.717) is 36.7 Å². The second-order valence-electron chi connectivity index (χ2n) is 6.64. The van der Waals surface area contributed by atoms with Crippen LogP contribution in [0.1, 0.15) is 22.3 Å². The van der Waals surface area contributed by atoms with Gasteiger partial charge < -0.3 is 15.5 Å². The summed E-state index contributed by atoms with van der Waals surface area (Å²) >= 11 is 0. The lowest BCUT2D eigenvalue weighted by Crippen LogP contribution is -2.36. The van der Waals surface area contributed by atoms with E-state index < -0.39 is 11.7 Å². The number of alkyl halides is 3. The summed E-state index contributed by atoms with van der Waals surface area (Å²) in [5.41, 5.74) is 1.53. The van der Waals surface area contributed by atoms with Crippen LogP contribution in [0.15, 0.2) is 47.5 Å². The Morgan fingerprint density at radius 1 is 0.964 bits per heavy atom. The Morgan fingerprint density at radius 2 is 1.54 bits per heavy atom. The summed E-state index contributed by atoms with van der Waals surface area (Å²) in [6, 6.07) is 9.90. The van der Waals surface area contributed by atoms with Gasteiger partial charge in [0.05, 0.1) is 5.56 Å². The molecule has 0 radical (unpaired) electrons. The van der Waals surface area contributed by atoms with Crippen LogP contribution < -0.4 is 10.6 Å². The van der Waals surface area contributed by atoms with E-state index in [2.05, 4.69) is 15.6 Å². The lowest BCUT2D eigenvalue weighted by Gasteiger charge is -2.14. The van der Waals surface area contributed by atoms with Crippen molar-refractivity contribution in [2.45, 2.75) is 25.8 Å². The summed E-state index contributed by atoms with van der Waals surface area (Å²) in [5.74, 6) is 0.251. The number of halogens is 4. The van der Waals surface area contributed by atoms with Gasteiger partial charge in [0.15, 0.2) is 5.96 Å². The number of nitrogens with zero attached hydrogens (tertiary/aromatic N) is 2. The average Bonchev–Trinajstić information content (AvgIpc) is 2.63. The highest BCUT2D eigenvalue weighted by molar-refractivity contribution is 5.79. The van der Waals surface area contributed by atoms with Gasteiger partial charge in [-0.3, -0.25) is 4.99 Å². The van der Waals surface area contributed by atoms with Crippen LogP contribution in [0.25, 0.3) is 0 Å². The predicted octanol–water partition coefficient (Wildman–Crippen LogP) is 3.77. The van der Waals surface area contributed by atoms with E-state index in [1.165, 1.54) is 18.2 Å². The normalized spacial score (nSPS) is 12.4. The zero-order valence-corrected chi connectivity index (χ0v) is 16.1. The molecule has 28 heavy (non-hydrogen) atoms. The molecule has 0 spiro atoms.